The Labute approximate surface area is 210 Å². The van der Waals surface area contributed by atoms with Gasteiger partial charge in [-0.3, -0.25) is 4.90 Å². The van der Waals surface area contributed by atoms with Crippen molar-refractivity contribution in [1.29, 1.82) is 0 Å². The van der Waals surface area contributed by atoms with Gasteiger partial charge in [-0.1, -0.05) is 54.6 Å². The fourth-order valence-corrected chi connectivity index (χ4v) is 4.30. The Bertz CT molecular complexity index is 867. The van der Waals surface area contributed by atoms with Crippen LogP contribution in [0.25, 0.3) is 0 Å². The molecule has 0 aromatic heterocycles. The van der Waals surface area contributed by atoms with Crippen LogP contribution in [-0.2, 0) is 13.1 Å². The van der Waals surface area contributed by atoms with Gasteiger partial charge < -0.3 is 15.5 Å². The first-order chi connectivity index (χ1) is 15.3. The van der Waals surface area contributed by atoms with E-state index >= 15 is 0 Å². The predicted molar refractivity (Wildman–Crippen MR) is 146 cm³/mol. The lowest BCUT2D eigenvalue weighted by Crippen LogP contribution is -2.48. The molecule has 0 spiro atoms. The molecule has 2 aliphatic heterocycles. The number of hydrogen-bond acceptors (Lipinski definition) is 3. The molecule has 2 aliphatic rings. The Morgan fingerprint density at radius 1 is 0.969 bits per heavy atom. The number of anilines is 1. The van der Waals surface area contributed by atoms with Crippen LogP contribution in [0.15, 0.2) is 71.7 Å². The van der Waals surface area contributed by atoms with E-state index < -0.39 is 0 Å². The summed E-state index contributed by atoms with van der Waals surface area (Å²) < 4.78 is 0. The summed E-state index contributed by atoms with van der Waals surface area (Å²) in [5, 5.41) is 7.10. The number of rotatable bonds is 7. The summed E-state index contributed by atoms with van der Waals surface area (Å²) in [6, 6.07) is 20.0. The second kappa shape index (κ2) is 12.8. The van der Waals surface area contributed by atoms with E-state index in [-0.39, 0.29) is 24.0 Å². The summed E-state index contributed by atoms with van der Waals surface area (Å²) in [5.74, 6) is 0.928. The molecule has 0 radical (unpaired) electrons. The van der Waals surface area contributed by atoms with Crippen LogP contribution in [0.5, 0.6) is 0 Å². The molecule has 2 aromatic carbocycles. The Hall–Kier alpha value is -2.06. The smallest absolute Gasteiger partial charge is 0.191 e. The van der Waals surface area contributed by atoms with Crippen LogP contribution in [-0.4, -0.2) is 49.6 Å². The first kappa shape index (κ1) is 24.6. The minimum absolute atomic E-state index is 0. The van der Waals surface area contributed by atoms with Gasteiger partial charge in [0.15, 0.2) is 5.96 Å². The van der Waals surface area contributed by atoms with Gasteiger partial charge in [0.2, 0.25) is 0 Å². The highest BCUT2D eigenvalue weighted by molar-refractivity contribution is 14.0. The van der Waals surface area contributed by atoms with Crippen molar-refractivity contribution in [3.8, 4) is 0 Å². The molecule has 0 atom stereocenters. The molecule has 2 N–H and O–H groups in total. The molecule has 0 bridgehead atoms. The van der Waals surface area contributed by atoms with E-state index in [4.69, 9.17) is 4.99 Å². The minimum atomic E-state index is 0. The zero-order valence-corrected chi connectivity index (χ0v) is 21.4. The standard InChI is InChI=1S/C26H35N5.HI/c1-2-27-26(28-20-23-11-8-12-25(19-23)31-15-6-7-16-31)29-24-13-17-30(18-14-24)21-22-9-4-3-5-10-22;/h3-12,19,24H,2,13-18,20-21H2,1H3,(H2,27,28,29);1H. The van der Waals surface area contributed by atoms with Crippen molar-refractivity contribution in [2.45, 2.75) is 38.9 Å². The van der Waals surface area contributed by atoms with E-state index in [2.05, 4.69) is 94.1 Å². The van der Waals surface area contributed by atoms with Crippen molar-refractivity contribution in [2.24, 2.45) is 4.99 Å². The molecule has 4 rings (SSSR count). The summed E-state index contributed by atoms with van der Waals surface area (Å²) >= 11 is 0. The number of benzene rings is 2. The van der Waals surface area contributed by atoms with Crippen LogP contribution in [0.3, 0.4) is 0 Å². The first-order valence-corrected chi connectivity index (χ1v) is 11.6. The summed E-state index contributed by atoms with van der Waals surface area (Å²) in [6.45, 7) is 8.98. The van der Waals surface area contributed by atoms with Crippen LogP contribution in [0.4, 0.5) is 5.69 Å². The lowest BCUT2D eigenvalue weighted by Gasteiger charge is -2.33. The van der Waals surface area contributed by atoms with Crippen LogP contribution in [0.1, 0.15) is 30.9 Å². The van der Waals surface area contributed by atoms with Crippen molar-refractivity contribution in [1.82, 2.24) is 15.5 Å². The first-order valence-electron chi connectivity index (χ1n) is 11.6. The van der Waals surface area contributed by atoms with E-state index in [1.165, 1.54) is 16.8 Å². The van der Waals surface area contributed by atoms with Gasteiger partial charge in [-0.05, 0) is 43.0 Å². The van der Waals surface area contributed by atoms with Gasteiger partial charge in [0.05, 0.1) is 6.54 Å². The minimum Gasteiger partial charge on any atom is -0.364 e. The third kappa shape index (κ3) is 7.24. The maximum absolute atomic E-state index is 4.88. The zero-order chi connectivity index (χ0) is 21.3. The summed E-state index contributed by atoms with van der Waals surface area (Å²) in [5.41, 5.74) is 3.93. The Morgan fingerprint density at radius 2 is 1.69 bits per heavy atom. The average molecular weight is 546 g/mol. The fourth-order valence-electron chi connectivity index (χ4n) is 4.30. The second-order valence-corrected chi connectivity index (χ2v) is 8.42. The Morgan fingerprint density at radius 3 is 2.41 bits per heavy atom. The van der Waals surface area contributed by atoms with Gasteiger partial charge in [0.25, 0.3) is 0 Å². The monoisotopic (exact) mass is 545 g/mol. The van der Waals surface area contributed by atoms with Crippen LogP contribution < -0.4 is 15.5 Å². The van der Waals surface area contributed by atoms with Gasteiger partial charge >= 0.3 is 0 Å². The molecule has 0 saturated carbocycles. The highest BCUT2D eigenvalue weighted by Crippen LogP contribution is 2.19. The third-order valence-electron chi connectivity index (χ3n) is 6.04. The molecule has 0 aliphatic carbocycles. The summed E-state index contributed by atoms with van der Waals surface area (Å²) in [4.78, 5) is 9.81. The van der Waals surface area contributed by atoms with Crippen LogP contribution in [0, 0.1) is 0 Å². The molecule has 5 nitrogen and oxygen atoms in total. The second-order valence-electron chi connectivity index (χ2n) is 8.42. The predicted octanol–water partition coefficient (Wildman–Crippen LogP) is 4.40. The maximum Gasteiger partial charge on any atom is 0.191 e. The van der Waals surface area contributed by atoms with Gasteiger partial charge in [-0.15, -0.1) is 24.0 Å². The van der Waals surface area contributed by atoms with Crippen molar-refractivity contribution < 1.29 is 0 Å². The van der Waals surface area contributed by atoms with Crippen molar-refractivity contribution in [3.05, 3.63) is 77.9 Å². The lowest BCUT2D eigenvalue weighted by atomic mass is 10.0. The average Bonchev–Trinajstić information content (AvgIpc) is 3.35. The van der Waals surface area contributed by atoms with E-state index in [1.807, 2.05) is 0 Å². The van der Waals surface area contributed by atoms with E-state index in [0.717, 1.165) is 58.1 Å². The number of likely N-dealkylation sites (tertiary alicyclic amines) is 1. The highest BCUT2D eigenvalue weighted by Gasteiger charge is 2.20. The summed E-state index contributed by atoms with van der Waals surface area (Å²) in [6.07, 6.45) is 6.75. The normalized spacial score (nSPS) is 17.3. The molecule has 172 valence electrons. The number of nitrogens with one attached hydrogen (secondary N) is 2. The van der Waals surface area contributed by atoms with E-state index in [9.17, 15) is 0 Å². The van der Waals surface area contributed by atoms with E-state index in [1.54, 1.807) is 0 Å². The van der Waals surface area contributed by atoms with Crippen LogP contribution in [0.2, 0.25) is 0 Å². The number of nitrogens with zero attached hydrogens (tertiary/aromatic N) is 3. The molecule has 6 heteroatoms. The molecule has 0 unspecified atom stereocenters. The zero-order valence-electron chi connectivity index (χ0n) is 19.0. The molecular weight excluding hydrogens is 509 g/mol. The fraction of sp³-hybridized carbons (Fsp3) is 0.423. The van der Waals surface area contributed by atoms with Gasteiger partial charge in [0.1, 0.15) is 0 Å². The number of piperidine rings is 1. The molecule has 32 heavy (non-hydrogen) atoms. The van der Waals surface area contributed by atoms with Gasteiger partial charge in [-0.2, -0.15) is 0 Å². The number of guanidine groups is 1. The number of hydrogen-bond donors (Lipinski definition) is 2. The molecular formula is C26H36IN5. The number of halogens is 1. The molecule has 1 saturated heterocycles. The third-order valence-corrected chi connectivity index (χ3v) is 6.04. The quantitative estimate of drug-likeness (QED) is 0.234. The SMILES string of the molecule is CCNC(=NCc1cccc(N2CC=CC2)c1)NC1CCN(Cc2ccccc2)CC1.I. The Kier molecular flexibility index (Phi) is 9.87. The molecule has 0 amide bonds. The van der Waals surface area contributed by atoms with Gasteiger partial charge in [0, 0.05) is 51.0 Å². The van der Waals surface area contributed by atoms with Gasteiger partial charge in [-0.25, -0.2) is 4.99 Å². The largest absolute Gasteiger partial charge is 0.364 e. The molecule has 1 fully saturated rings. The molecule has 2 heterocycles. The highest BCUT2D eigenvalue weighted by atomic mass is 127. The number of aliphatic imine (C=N–C) groups is 1. The van der Waals surface area contributed by atoms with E-state index in [0.29, 0.717) is 12.6 Å². The lowest BCUT2D eigenvalue weighted by molar-refractivity contribution is 0.198. The Balaban J connectivity index is 0.00000289. The molecule has 2 aromatic rings. The summed E-state index contributed by atoms with van der Waals surface area (Å²) in [7, 11) is 0. The van der Waals surface area contributed by atoms with Crippen LogP contribution >= 0.6 is 24.0 Å². The van der Waals surface area contributed by atoms with Crippen molar-refractivity contribution in [2.75, 3.05) is 37.6 Å². The van der Waals surface area contributed by atoms with Crippen molar-refractivity contribution >= 4 is 35.6 Å². The maximum atomic E-state index is 4.88. The van der Waals surface area contributed by atoms with Crippen molar-refractivity contribution in [3.63, 3.8) is 0 Å². The topological polar surface area (TPSA) is 42.9 Å².